The fraction of sp³-hybridized carbons (Fsp3) is 0.240. The summed E-state index contributed by atoms with van der Waals surface area (Å²) < 4.78 is 30.1. The van der Waals surface area contributed by atoms with Crippen LogP contribution in [0.1, 0.15) is 23.2 Å². The van der Waals surface area contributed by atoms with Gasteiger partial charge in [0.1, 0.15) is 0 Å². The summed E-state index contributed by atoms with van der Waals surface area (Å²) in [5.41, 5.74) is 3.97. The molecule has 2 heterocycles. The number of nitrogens with zero attached hydrogens (tertiary/aromatic N) is 2. The molecule has 2 aromatic carbocycles. The van der Waals surface area contributed by atoms with E-state index < -0.39 is 20.5 Å². The topological polar surface area (TPSA) is 126 Å². The highest BCUT2D eigenvalue weighted by Gasteiger charge is 2.52. The van der Waals surface area contributed by atoms with Gasteiger partial charge in [-0.15, -0.1) is 0 Å². The van der Waals surface area contributed by atoms with E-state index in [1.54, 1.807) is 42.3 Å². The summed E-state index contributed by atoms with van der Waals surface area (Å²) in [4.78, 5) is 30.9. The van der Waals surface area contributed by atoms with Crippen molar-refractivity contribution in [2.24, 2.45) is 0 Å². The highest BCUT2D eigenvalue weighted by molar-refractivity contribution is 7.93. The van der Waals surface area contributed by atoms with Gasteiger partial charge < -0.3 is 9.64 Å². The Hall–Kier alpha value is -3.60. The SMILES string of the molecule is CN(C(=O)c1ccc(-c2ccc(S(=O)(=O)C3(C(=O)NO)CCOCC3)cn2)cc1)c1ccccc1. The quantitative estimate of drug-likeness (QED) is 0.398. The molecule has 2 amide bonds. The van der Waals surface area contributed by atoms with Gasteiger partial charge in [0.25, 0.3) is 11.8 Å². The van der Waals surface area contributed by atoms with Gasteiger partial charge >= 0.3 is 0 Å². The molecule has 1 aliphatic heterocycles. The van der Waals surface area contributed by atoms with Gasteiger partial charge in [0.15, 0.2) is 14.6 Å². The number of para-hydroxylation sites is 1. The zero-order valence-electron chi connectivity index (χ0n) is 19.0. The summed E-state index contributed by atoms with van der Waals surface area (Å²) in [6.45, 7) is 0.172. The first-order valence-corrected chi connectivity index (χ1v) is 12.4. The normalized spacial score (nSPS) is 15.3. The predicted molar refractivity (Wildman–Crippen MR) is 129 cm³/mol. The molecular weight excluding hydrogens is 470 g/mol. The zero-order valence-corrected chi connectivity index (χ0v) is 19.9. The molecule has 9 nitrogen and oxygen atoms in total. The van der Waals surface area contributed by atoms with Gasteiger partial charge in [0.05, 0.1) is 10.6 Å². The second-order valence-electron chi connectivity index (χ2n) is 8.21. The number of ether oxygens (including phenoxy) is 1. The minimum Gasteiger partial charge on any atom is -0.381 e. The Morgan fingerprint density at radius 3 is 2.23 bits per heavy atom. The molecule has 35 heavy (non-hydrogen) atoms. The van der Waals surface area contributed by atoms with Crippen LogP contribution in [-0.4, -0.2) is 55.4 Å². The average Bonchev–Trinajstić information content (AvgIpc) is 2.92. The molecule has 4 rings (SSSR count). The van der Waals surface area contributed by atoms with Crippen LogP contribution < -0.4 is 10.4 Å². The van der Waals surface area contributed by atoms with Crippen LogP contribution in [-0.2, 0) is 19.4 Å². The number of pyridine rings is 1. The molecule has 10 heteroatoms. The average molecular weight is 496 g/mol. The maximum atomic E-state index is 13.3. The molecule has 0 bridgehead atoms. The van der Waals surface area contributed by atoms with Gasteiger partial charge in [-0.3, -0.25) is 19.8 Å². The highest BCUT2D eigenvalue weighted by Crippen LogP contribution is 2.35. The van der Waals surface area contributed by atoms with Crippen LogP contribution in [0.25, 0.3) is 11.3 Å². The summed E-state index contributed by atoms with van der Waals surface area (Å²) >= 11 is 0. The molecule has 3 aromatic rings. The zero-order chi connectivity index (χ0) is 25.1. The Bertz CT molecular complexity index is 1300. The number of aromatic nitrogens is 1. The van der Waals surface area contributed by atoms with Crippen LogP contribution in [0, 0.1) is 0 Å². The van der Waals surface area contributed by atoms with Crippen LogP contribution in [0.5, 0.6) is 0 Å². The molecule has 0 radical (unpaired) electrons. The summed E-state index contributed by atoms with van der Waals surface area (Å²) in [7, 11) is -2.45. The monoisotopic (exact) mass is 495 g/mol. The first-order chi connectivity index (χ1) is 16.8. The van der Waals surface area contributed by atoms with E-state index in [9.17, 15) is 18.0 Å². The van der Waals surface area contributed by atoms with E-state index >= 15 is 0 Å². The molecule has 1 aliphatic rings. The van der Waals surface area contributed by atoms with Crippen molar-refractivity contribution in [3.8, 4) is 11.3 Å². The largest absolute Gasteiger partial charge is 0.381 e. The van der Waals surface area contributed by atoms with Crippen molar-refractivity contribution in [2.45, 2.75) is 22.5 Å². The second-order valence-corrected chi connectivity index (χ2v) is 10.5. The van der Waals surface area contributed by atoms with E-state index in [1.807, 2.05) is 30.3 Å². The number of amides is 2. The lowest BCUT2D eigenvalue weighted by molar-refractivity contribution is -0.134. The number of sulfone groups is 1. The Balaban J connectivity index is 1.56. The third-order valence-electron chi connectivity index (χ3n) is 6.25. The number of hydroxylamine groups is 1. The molecule has 1 fully saturated rings. The molecule has 182 valence electrons. The minimum absolute atomic E-state index is 0.0730. The molecule has 1 saturated heterocycles. The van der Waals surface area contributed by atoms with Gasteiger partial charge in [-0.2, -0.15) is 0 Å². The van der Waals surface area contributed by atoms with Crippen molar-refractivity contribution in [1.29, 1.82) is 0 Å². The Morgan fingerprint density at radius 1 is 1.00 bits per heavy atom. The van der Waals surface area contributed by atoms with Crippen LogP contribution in [0.15, 0.2) is 77.8 Å². The smallest absolute Gasteiger partial charge is 0.265 e. The standard InChI is InChI=1S/C25H25N3O6S/c1-28(20-5-3-2-4-6-20)23(29)19-9-7-18(8-10-19)22-12-11-21(17-26-22)35(32,33)25(24(30)27-31)13-15-34-16-14-25/h2-12,17,31H,13-16H2,1H3,(H,27,30). The molecule has 0 unspecified atom stereocenters. The van der Waals surface area contributed by atoms with Crippen molar-refractivity contribution in [2.75, 3.05) is 25.2 Å². The van der Waals surface area contributed by atoms with Crippen molar-refractivity contribution in [3.05, 3.63) is 78.5 Å². The van der Waals surface area contributed by atoms with Crippen LogP contribution in [0.3, 0.4) is 0 Å². The highest BCUT2D eigenvalue weighted by atomic mass is 32.2. The number of carbonyl (C=O) groups is 2. The molecule has 0 atom stereocenters. The van der Waals surface area contributed by atoms with E-state index in [1.165, 1.54) is 17.7 Å². The predicted octanol–water partition coefficient (Wildman–Crippen LogP) is 2.85. The van der Waals surface area contributed by atoms with Gasteiger partial charge in [-0.05, 0) is 49.2 Å². The molecule has 0 spiro atoms. The Kier molecular flexibility index (Phi) is 6.97. The van der Waals surface area contributed by atoms with Crippen molar-refractivity contribution >= 4 is 27.3 Å². The van der Waals surface area contributed by atoms with E-state index in [0.717, 1.165) is 5.69 Å². The summed E-state index contributed by atoms with van der Waals surface area (Å²) in [6, 6.07) is 19.1. The number of carbonyl (C=O) groups excluding carboxylic acids is 2. The van der Waals surface area contributed by atoms with Crippen LogP contribution in [0.4, 0.5) is 5.69 Å². The van der Waals surface area contributed by atoms with Gasteiger partial charge in [0, 0.05) is 43.3 Å². The Morgan fingerprint density at radius 2 is 1.66 bits per heavy atom. The lowest BCUT2D eigenvalue weighted by Crippen LogP contribution is -2.54. The maximum absolute atomic E-state index is 13.3. The van der Waals surface area contributed by atoms with Gasteiger partial charge in [-0.1, -0.05) is 30.3 Å². The summed E-state index contributed by atoms with van der Waals surface area (Å²) in [6.07, 6.45) is 1.06. The van der Waals surface area contributed by atoms with Gasteiger partial charge in [0.2, 0.25) is 0 Å². The van der Waals surface area contributed by atoms with E-state index in [4.69, 9.17) is 9.94 Å². The van der Waals surface area contributed by atoms with Crippen molar-refractivity contribution in [3.63, 3.8) is 0 Å². The van der Waals surface area contributed by atoms with Crippen molar-refractivity contribution in [1.82, 2.24) is 10.5 Å². The summed E-state index contributed by atoms with van der Waals surface area (Å²) in [5.74, 6) is -1.15. The summed E-state index contributed by atoms with van der Waals surface area (Å²) in [5, 5.41) is 9.17. The van der Waals surface area contributed by atoms with Gasteiger partial charge in [-0.25, -0.2) is 13.9 Å². The second kappa shape index (κ2) is 9.95. The lowest BCUT2D eigenvalue weighted by Gasteiger charge is -2.34. The number of hydrogen-bond donors (Lipinski definition) is 2. The molecule has 2 N–H and O–H groups in total. The fourth-order valence-corrected chi connectivity index (χ4v) is 5.99. The van der Waals surface area contributed by atoms with Crippen LogP contribution in [0.2, 0.25) is 0 Å². The number of anilines is 1. The van der Waals surface area contributed by atoms with E-state index in [2.05, 4.69) is 4.98 Å². The van der Waals surface area contributed by atoms with E-state index in [-0.39, 0.29) is 36.9 Å². The fourth-order valence-electron chi connectivity index (χ4n) is 4.10. The molecule has 0 saturated carbocycles. The molecule has 1 aromatic heterocycles. The van der Waals surface area contributed by atoms with Crippen molar-refractivity contribution < 1.29 is 28.0 Å². The number of hydrogen-bond acceptors (Lipinski definition) is 7. The lowest BCUT2D eigenvalue weighted by atomic mass is 9.98. The number of rotatable bonds is 6. The third kappa shape index (κ3) is 4.55. The number of nitrogens with one attached hydrogen (secondary N) is 1. The first-order valence-electron chi connectivity index (χ1n) is 11.0. The van der Waals surface area contributed by atoms with E-state index in [0.29, 0.717) is 16.8 Å². The maximum Gasteiger partial charge on any atom is 0.265 e. The number of benzene rings is 2. The molecule has 0 aliphatic carbocycles. The third-order valence-corrected chi connectivity index (χ3v) is 8.74. The minimum atomic E-state index is -4.15. The molecular formula is C25H25N3O6S. The van der Waals surface area contributed by atoms with Crippen LogP contribution >= 0.6 is 0 Å². The Labute approximate surface area is 203 Å². The first kappa shape index (κ1) is 24.5.